The molecule has 1 aromatic heterocycles. The largest absolute Gasteiger partial charge is 0.497 e. The molecule has 1 aromatic carbocycles. The molecular weight excluding hydrogens is 290 g/mol. The molecule has 0 aliphatic heterocycles. The number of anilines is 2. The summed E-state index contributed by atoms with van der Waals surface area (Å²) in [4.78, 5) is 3.99. The first-order chi connectivity index (χ1) is 10.0. The Labute approximate surface area is 124 Å². The molecule has 0 radical (unpaired) electrons. The Morgan fingerprint density at radius 2 is 2.00 bits per heavy atom. The lowest BCUT2D eigenvalue weighted by molar-refractivity contribution is 0.415. The van der Waals surface area contributed by atoms with Gasteiger partial charge in [0.2, 0.25) is 0 Å². The summed E-state index contributed by atoms with van der Waals surface area (Å²) >= 11 is 0. The van der Waals surface area contributed by atoms with Crippen LogP contribution in [0.15, 0.2) is 47.6 Å². The highest BCUT2D eigenvalue weighted by Gasteiger charge is 2.25. The van der Waals surface area contributed by atoms with Gasteiger partial charge in [0, 0.05) is 26.4 Å². The number of nitrogens with zero attached hydrogens (tertiary/aromatic N) is 2. The lowest BCUT2D eigenvalue weighted by Crippen LogP contribution is -2.28. The van der Waals surface area contributed by atoms with E-state index in [1.807, 2.05) is 0 Å². The second kappa shape index (κ2) is 6.01. The van der Waals surface area contributed by atoms with Crippen LogP contribution in [-0.4, -0.2) is 34.6 Å². The molecule has 21 heavy (non-hydrogen) atoms. The summed E-state index contributed by atoms with van der Waals surface area (Å²) in [5.41, 5.74) is 0.953. The minimum atomic E-state index is -3.76. The molecule has 0 atom stereocenters. The van der Waals surface area contributed by atoms with Crippen LogP contribution < -0.4 is 14.4 Å². The van der Waals surface area contributed by atoms with Gasteiger partial charge in [0.1, 0.15) is 5.75 Å². The van der Waals surface area contributed by atoms with Crippen molar-refractivity contribution in [3.8, 4) is 5.75 Å². The molecule has 0 spiro atoms. The molecule has 0 fully saturated rings. The van der Waals surface area contributed by atoms with Gasteiger partial charge >= 0.3 is 0 Å². The number of nitrogens with one attached hydrogen (secondary N) is 1. The third-order valence-electron chi connectivity index (χ3n) is 3.06. The molecule has 6 nitrogen and oxygen atoms in total. The highest BCUT2D eigenvalue weighted by molar-refractivity contribution is 7.92. The molecule has 0 saturated carbocycles. The maximum Gasteiger partial charge on any atom is 0.283 e. The average Bonchev–Trinajstić information content (AvgIpc) is 2.54. The van der Waals surface area contributed by atoms with Gasteiger partial charge < -0.3 is 10.1 Å². The van der Waals surface area contributed by atoms with Crippen molar-refractivity contribution in [2.24, 2.45) is 0 Å². The van der Waals surface area contributed by atoms with Crippen molar-refractivity contribution in [2.75, 3.05) is 30.8 Å². The fourth-order valence-corrected chi connectivity index (χ4v) is 3.15. The first kappa shape index (κ1) is 15.1. The van der Waals surface area contributed by atoms with Crippen LogP contribution in [0.2, 0.25) is 0 Å². The predicted molar refractivity (Wildman–Crippen MR) is 82.4 cm³/mol. The molecule has 0 amide bonds. The van der Waals surface area contributed by atoms with Crippen molar-refractivity contribution in [2.45, 2.75) is 5.03 Å². The standard InChI is InChI=1S/C14H17N3O3S/c1-15-13-8-5-9-16-14(13)21(18,19)17(2)11-6-4-7-12(10-11)20-3/h4-10,15H,1-3H3. The Morgan fingerprint density at radius 1 is 1.24 bits per heavy atom. The number of hydrogen-bond acceptors (Lipinski definition) is 5. The Kier molecular flexibility index (Phi) is 4.32. The fourth-order valence-electron chi connectivity index (χ4n) is 1.86. The second-order valence-corrected chi connectivity index (χ2v) is 6.16. The number of ether oxygens (including phenoxy) is 1. The van der Waals surface area contributed by atoms with Gasteiger partial charge in [-0.25, -0.2) is 4.98 Å². The molecule has 1 heterocycles. The minimum Gasteiger partial charge on any atom is -0.497 e. The van der Waals surface area contributed by atoms with E-state index in [2.05, 4.69) is 10.3 Å². The molecule has 0 aliphatic carbocycles. The van der Waals surface area contributed by atoms with E-state index >= 15 is 0 Å². The normalized spacial score (nSPS) is 11.0. The SMILES string of the molecule is CNc1cccnc1S(=O)(=O)N(C)c1cccc(OC)c1. The minimum absolute atomic E-state index is 0.0159. The third-order valence-corrected chi connectivity index (χ3v) is 4.81. The number of aromatic nitrogens is 1. The zero-order valence-corrected chi connectivity index (χ0v) is 12.9. The van der Waals surface area contributed by atoms with E-state index in [0.29, 0.717) is 17.1 Å². The first-order valence-electron chi connectivity index (χ1n) is 6.26. The van der Waals surface area contributed by atoms with Crippen molar-refractivity contribution in [3.05, 3.63) is 42.6 Å². The Bertz CT molecular complexity index is 732. The van der Waals surface area contributed by atoms with Crippen LogP contribution in [0.5, 0.6) is 5.75 Å². The quantitative estimate of drug-likeness (QED) is 0.914. The second-order valence-electron chi connectivity index (χ2n) is 4.28. The summed E-state index contributed by atoms with van der Waals surface area (Å²) in [5, 5.41) is 2.82. The molecule has 0 bridgehead atoms. The van der Waals surface area contributed by atoms with Crippen molar-refractivity contribution in [3.63, 3.8) is 0 Å². The molecule has 0 aliphatic rings. The molecule has 112 valence electrons. The maximum absolute atomic E-state index is 12.7. The Morgan fingerprint density at radius 3 is 2.67 bits per heavy atom. The average molecular weight is 307 g/mol. The van der Waals surface area contributed by atoms with Crippen LogP contribution in [-0.2, 0) is 10.0 Å². The van der Waals surface area contributed by atoms with Crippen LogP contribution in [0.3, 0.4) is 0 Å². The Balaban J connectivity index is 2.47. The number of methoxy groups -OCH3 is 1. The van der Waals surface area contributed by atoms with Crippen LogP contribution in [0.25, 0.3) is 0 Å². The van der Waals surface area contributed by atoms with Crippen LogP contribution in [0.4, 0.5) is 11.4 Å². The number of hydrogen-bond donors (Lipinski definition) is 1. The zero-order chi connectivity index (χ0) is 15.5. The summed E-state index contributed by atoms with van der Waals surface area (Å²) < 4.78 is 31.7. The lowest BCUT2D eigenvalue weighted by Gasteiger charge is -2.20. The predicted octanol–water partition coefficient (Wildman–Crippen LogP) is 1.96. The van der Waals surface area contributed by atoms with Crippen molar-refractivity contribution in [1.82, 2.24) is 4.98 Å². The number of benzene rings is 1. The van der Waals surface area contributed by atoms with E-state index in [0.717, 1.165) is 0 Å². The van der Waals surface area contributed by atoms with Gasteiger partial charge in [-0.05, 0) is 24.3 Å². The summed E-state index contributed by atoms with van der Waals surface area (Å²) in [6.07, 6.45) is 1.45. The summed E-state index contributed by atoms with van der Waals surface area (Å²) in [6.45, 7) is 0. The van der Waals surface area contributed by atoms with Crippen molar-refractivity contribution in [1.29, 1.82) is 0 Å². The van der Waals surface area contributed by atoms with Gasteiger partial charge in [-0.3, -0.25) is 4.31 Å². The molecular formula is C14H17N3O3S. The summed E-state index contributed by atoms with van der Waals surface area (Å²) in [5.74, 6) is 0.587. The maximum atomic E-state index is 12.7. The highest BCUT2D eigenvalue weighted by atomic mass is 32.2. The first-order valence-corrected chi connectivity index (χ1v) is 7.70. The van der Waals surface area contributed by atoms with E-state index in [4.69, 9.17) is 4.74 Å². The molecule has 2 rings (SSSR count). The molecule has 0 saturated heterocycles. The van der Waals surface area contributed by atoms with Gasteiger partial charge in [0.15, 0.2) is 5.03 Å². The Hall–Kier alpha value is -2.28. The number of pyridine rings is 1. The fraction of sp³-hybridized carbons (Fsp3) is 0.214. The zero-order valence-electron chi connectivity index (χ0n) is 12.1. The summed E-state index contributed by atoms with van der Waals surface area (Å²) in [6, 6.07) is 10.2. The van der Waals surface area contributed by atoms with Crippen LogP contribution >= 0.6 is 0 Å². The van der Waals surface area contributed by atoms with Crippen molar-refractivity contribution >= 4 is 21.4 Å². The molecule has 0 unspecified atom stereocenters. The van der Waals surface area contributed by atoms with E-state index < -0.39 is 10.0 Å². The van der Waals surface area contributed by atoms with E-state index in [-0.39, 0.29) is 5.03 Å². The monoisotopic (exact) mass is 307 g/mol. The van der Waals surface area contributed by atoms with E-state index in [1.54, 1.807) is 43.4 Å². The van der Waals surface area contributed by atoms with Crippen molar-refractivity contribution < 1.29 is 13.2 Å². The van der Waals surface area contributed by atoms with Gasteiger partial charge in [0.05, 0.1) is 18.5 Å². The van der Waals surface area contributed by atoms with Gasteiger partial charge in [0.25, 0.3) is 10.0 Å². The van der Waals surface area contributed by atoms with E-state index in [9.17, 15) is 8.42 Å². The van der Waals surface area contributed by atoms with Gasteiger partial charge in [-0.15, -0.1) is 0 Å². The van der Waals surface area contributed by atoms with Crippen LogP contribution in [0.1, 0.15) is 0 Å². The van der Waals surface area contributed by atoms with Crippen LogP contribution in [0, 0.1) is 0 Å². The topological polar surface area (TPSA) is 71.5 Å². The van der Waals surface area contributed by atoms with Gasteiger partial charge in [-0.2, -0.15) is 8.42 Å². The third kappa shape index (κ3) is 2.92. The molecule has 7 heteroatoms. The smallest absolute Gasteiger partial charge is 0.283 e. The molecule has 2 aromatic rings. The number of rotatable bonds is 5. The summed E-state index contributed by atoms with van der Waals surface area (Å²) in [7, 11) is 0.916. The van der Waals surface area contributed by atoms with Gasteiger partial charge in [-0.1, -0.05) is 6.07 Å². The van der Waals surface area contributed by atoms with E-state index in [1.165, 1.54) is 24.7 Å². The number of sulfonamides is 1. The lowest BCUT2D eigenvalue weighted by atomic mass is 10.3. The molecule has 1 N–H and O–H groups in total. The highest BCUT2D eigenvalue weighted by Crippen LogP contribution is 2.27.